The van der Waals surface area contributed by atoms with Crippen LogP contribution in [0.5, 0.6) is 0 Å². The number of β-amino-alcohol motifs (C(OH)–C–C–N with tert-alkyl or cyclic N) is 1. The summed E-state index contributed by atoms with van der Waals surface area (Å²) in [6, 6.07) is 0. The summed E-state index contributed by atoms with van der Waals surface area (Å²) in [6.07, 6.45) is 1.67. The predicted molar refractivity (Wildman–Crippen MR) is 65.6 cm³/mol. The number of rotatable bonds is 7. The highest BCUT2D eigenvalue weighted by atomic mass is 16.5. The lowest BCUT2D eigenvalue weighted by Crippen LogP contribution is -2.40. The Balaban J connectivity index is 2.17. The van der Waals surface area contributed by atoms with Gasteiger partial charge in [0.25, 0.3) is 0 Å². The first-order valence-corrected chi connectivity index (χ1v) is 6.04. The molecule has 0 radical (unpaired) electrons. The maximum Gasteiger partial charge on any atom is 0.248 e. The Hall–Kier alpha value is -0.910. The Labute approximate surface area is 102 Å². The Kier molecular flexibility index (Phi) is 6.18. The van der Waals surface area contributed by atoms with Crippen molar-refractivity contribution in [2.24, 2.45) is 5.92 Å². The number of hydrogen-bond acceptors (Lipinski definition) is 4. The zero-order valence-electron chi connectivity index (χ0n) is 10.3. The number of aliphatic hydroxyl groups is 1. The first-order valence-electron chi connectivity index (χ1n) is 6.04. The van der Waals surface area contributed by atoms with Gasteiger partial charge < -0.3 is 20.5 Å². The summed E-state index contributed by atoms with van der Waals surface area (Å²) in [5, 5.41) is 15.4. The molecule has 3 atom stereocenters. The van der Waals surface area contributed by atoms with Gasteiger partial charge in [-0.15, -0.1) is 6.58 Å². The molecule has 5 nitrogen and oxygen atoms in total. The van der Waals surface area contributed by atoms with Crippen molar-refractivity contribution < 1.29 is 14.6 Å². The van der Waals surface area contributed by atoms with Crippen LogP contribution in [0.4, 0.5) is 0 Å². The third-order valence-corrected chi connectivity index (χ3v) is 2.90. The number of amides is 1. The molecule has 17 heavy (non-hydrogen) atoms. The lowest BCUT2D eigenvalue weighted by atomic mass is 10.1. The van der Waals surface area contributed by atoms with Crippen LogP contribution in [0.3, 0.4) is 0 Å². The maximum absolute atomic E-state index is 11.6. The molecule has 5 heteroatoms. The van der Waals surface area contributed by atoms with Gasteiger partial charge in [-0.25, -0.2) is 0 Å². The number of ether oxygens (including phenoxy) is 1. The summed E-state index contributed by atoms with van der Waals surface area (Å²) in [6.45, 7) is 7.65. The number of nitrogens with one attached hydrogen (secondary N) is 2. The van der Waals surface area contributed by atoms with E-state index in [0.29, 0.717) is 19.7 Å². The summed E-state index contributed by atoms with van der Waals surface area (Å²) in [7, 11) is 0. The van der Waals surface area contributed by atoms with Gasteiger partial charge in [0.2, 0.25) is 5.91 Å². The van der Waals surface area contributed by atoms with E-state index in [2.05, 4.69) is 17.2 Å². The van der Waals surface area contributed by atoms with Crippen LogP contribution in [0.2, 0.25) is 0 Å². The first kappa shape index (κ1) is 14.2. The molecule has 0 aliphatic carbocycles. The molecule has 1 heterocycles. The van der Waals surface area contributed by atoms with Gasteiger partial charge in [-0.2, -0.15) is 0 Å². The standard InChI is InChI=1S/C12H22N2O3/c1-3-4-5-17-9(2)12(16)14-7-10-6-13-8-11(10)15/h3,9-11,13,15H,1,4-8H2,2H3,(H,14,16). The topological polar surface area (TPSA) is 70.6 Å². The molecule has 1 rings (SSSR count). The van der Waals surface area contributed by atoms with E-state index in [9.17, 15) is 9.90 Å². The molecule has 1 saturated heterocycles. The number of hydrogen-bond donors (Lipinski definition) is 3. The molecule has 0 aromatic heterocycles. The molecule has 0 aromatic carbocycles. The lowest BCUT2D eigenvalue weighted by Gasteiger charge is -2.17. The van der Waals surface area contributed by atoms with Gasteiger partial charge in [0.15, 0.2) is 0 Å². The first-order chi connectivity index (χ1) is 8.15. The Bertz CT molecular complexity index is 258. The molecule has 0 spiro atoms. The highest BCUT2D eigenvalue weighted by Gasteiger charge is 2.25. The Morgan fingerprint density at radius 2 is 2.47 bits per heavy atom. The highest BCUT2D eigenvalue weighted by molar-refractivity contribution is 5.80. The molecule has 3 N–H and O–H groups in total. The van der Waals surface area contributed by atoms with E-state index in [1.54, 1.807) is 13.0 Å². The van der Waals surface area contributed by atoms with Crippen molar-refractivity contribution in [1.29, 1.82) is 0 Å². The number of carbonyl (C=O) groups excluding carboxylic acids is 1. The van der Waals surface area contributed by atoms with Crippen LogP contribution >= 0.6 is 0 Å². The van der Waals surface area contributed by atoms with Crippen molar-refractivity contribution in [3.63, 3.8) is 0 Å². The van der Waals surface area contributed by atoms with Crippen LogP contribution < -0.4 is 10.6 Å². The molecular formula is C12H22N2O3. The van der Waals surface area contributed by atoms with Crippen LogP contribution in [-0.4, -0.2) is 49.5 Å². The molecule has 0 aromatic rings. The summed E-state index contributed by atoms with van der Waals surface area (Å²) in [5.74, 6) is -0.0347. The third-order valence-electron chi connectivity index (χ3n) is 2.90. The second-order valence-electron chi connectivity index (χ2n) is 4.32. The van der Waals surface area contributed by atoms with E-state index in [1.165, 1.54) is 0 Å². The molecule has 0 bridgehead atoms. The van der Waals surface area contributed by atoms with Crippen molar-refractivity contribution in [3.05, 3.63) is 12.7 Å². The van der Waals surface area contributed by atoms with Crippen molar-refractivity contribution in [1.82, 2.24) is 10.6 Å². The van der Waals surface area contributed by atoms with Crippen LogP contribution in [0.15, 0.2) is 12.7 Å². The van der Waals surface area contributed by atoms with Crippen LogP contribution in [0.25, 0.3) is 0 Å². The average molecular weight is 242 g/mol. The van der Waals surface area contributed by atoms with Gasteiger partial charge in [-0.05, 0) is 13.3 Å². The number of carbonyl (C=O) groups is 1. The van der Waals surface area contributed by atoms with E-state index >= 15 is 0 Å². The molecule has 98 valence electrons. The van der Waals surface area contributed by atoms with E-state index < -0.39 is 6.10 Å². The fraction of sp³-hybridized carbons (Fsp3) is 0.750. The Morgan fingerprint density at radius 3 is 3.06 bits per heavy atom. The normalized spacial score (nSPS) is 25.5. The second kappa shape index (κ2) is 7.42. The van der Waals surface area contributed by atoms with E-state index in [4.69, 9.17) is 4.74 Å². The van der Waals surface area contributed by atoms with Crippen molar-refractivity contribution in [2.45, 2.75) is 25.6 Å². The summed E-state index contributed by atoms with van der Waals surface area (Å²) >= 11 is 0. The summed E-state index contributed by atoms with van der Waals surface area (Å²) < 4.78 is 5.32. The van der Waals surface area contributed by atoms with Crippen molar-refractivity contribution in [2.75, 3.05) is 26.2 Å². The lowest BCUT2D eigenvalue weighted by molar-refractivity contribution is -0.131. The van der Waals surface area contributed by atoms with Gasteiger partial charge in [0.05, 0.1) is 12.7 Å². The summed E-state index contributed by atoms with van der Waals surface area (Å²) in [5.41, 5.74) is 0. The minimum absolute atomic E-state index is 0.0966. The Morgan fingerprint density at radius 1 is 1.71 bits per heavy atom. The van der Waals surface area contributed by atoms with Crippen LogP contribution in [0.1, 0.15) is 13.3 Å². The van der Waals surface area contributed by atoms with Gasteiger partial charge in [0.1, 0.15) is 6.10 Å². The molecule has 1 aliphatic heterocycles. The van der Waals surface area contributed by atoms with Crippen molar-refractivity contribution >= 4 is 5.91 Å². The summed E-state index contributed by atoms with van der Waals surface area (Å²) in [4.78, 5) is 11.6. The maximum atomic E-state index is 11.6. The van der Waals surface area contributed by atoms with E-state index in [-0.39, 0.29) is 17.9 Å². The average Bonchev–Trinajstić information content (AvgIpc) is 2.72. The minimum atomic E-state index is -0.457. The van der Waals surface area contributed by atoms with Gasteiger partial charge in [-0.3, -0.25) is 4.79 Å². The monoisotopic (exact) mass is 242 g/mol. The smallest absolute Gasteiger partial charge is 0.248 e. The fourth-order valence-electron chi connectivity index (χ4n) is 1.71. The molecule has 0 saturated carbocycles. The molecule has 1 amide bonds. The van der Waals surface area contributed by atoms with Crippen LogP contribution in [0, 0.1) is 5.92 Å². The quantitative estimate of drug-likeness (QED) is 0.422. The fourth-order valence-corrected chi connectivity index (χ4v) is 1.71. The van der Waals surface area contributed by atoms with Crippen LogP contribution in [-0.2, 0) is 9.53 Å². The SMILES string of the molecule is C=CCCOC(C)C(=O)NCC1CNCC1O. The largest absolute Gasteiger partial charge is 0.391 e. The molecule has 3 unspecified atom stereocenters. The van der Waals surface area contributed by atoms with Gasteiger partial charge in [0, 0.05) is 25.6 Å². The zero-order chi connectivity index (χ0) is 12.7. The third kappa shape index (κ3) is 4.85. The van der Waals surface area contributed by atoms with Gasteiger partial charge in [-0.1, -0.05) is 6.08 Å². The van der Waals surface area contributed by atoms with Crippen molar-refractivity contribution in [3.8, 4) is 0 Å². The van der Waals surface area contributed by atoms with Gasteiger partial charge >= 0.3 is 0 Å². The second-order valence-corrected chi connectivity index (χ2v) is 4.32. The predicted octanol–water partition coefficient (Wildman–Crippen LogP) is -0.336. The molecular weight excluding hydrogens is 220 g/mol. The zero-order valence-corrected chi connectivity index (χ0v) is 10.3. The highest BCUT2D eigenvalue weighted by Crippen LogP contribution is 2.07. The minimum Gasteiger partial charge on any atom is -0.391 e. The number of aliphatic hydroxyl groups excluding tert-OH is 1. The van der Waals surface area contributed by atoms with E-state index in [0.717, 1.165) is 13.0 Å². The van der Waals surface area contributed by atoms with E-state index in [1.807, 2.05) is 0 Å². The molecule has 1 aliphatic rings. The molecule has 1 fully saturated rings.